The molecule has 172 valence electrons. The Morgan fingerprint density at radius 2 is 1.91 bits per heavy atom. The van der Waals surface area contributed by atoms with Gasteiger partial charge in [-0.25, -0.2) is 13.8 Å². The molecular weight excluding hydrogens is 438 g/mol. The van der Waals surface area contributed by atoms with Gasteiger partial charge in [-0.05, 0) is 32.6 Å². The lowest BCUT2D eigenvalue weighted by Gasteiger charge is -2.24. The van der Waals surface area contributed by atoms with E-state index in [9.17, 15) is 13.6 Å². The molecule has 0 aliphatic heterocycles. The Morgan fingerprint density at radius 3 is 2.53 bits per heavy atom. The minimum atomic E-state index is -0.683. The van der Waals surface area contributed by atoms with Crippen LogP contribution in [0.15, 0.2) is 18.2 Å². The SMILES string of the molecule is COCc1nc(OC)c2c(C)c(C(=O)N(CCN(C)C)Cc3ccc(F)cc3F)sc2n1. The van der Waals surface area contributed by atoms with Crippen molar-refractivity contribution in [2.75, 3.05) is 41.4 Å². The fourth-order valence-electron chi connectivity index (χ4n) is 3.26. The summed E-state index contributed by atoms with van der Waals surface area (Å²) in [5, 5.41) is 0.668. The number of carbonyl (C=O) groups excluding carboxylic acids is 1. The average molecular weight is 465 g/mol. The predicted molar refractivity (Wildman–Crippen MR) is 119 cm³/mol. The molecule has 0 bridgehead atoms. The summed E-state index contributed by atoms with van der Waals surface area (Å²) in [4.78, 5) is 27.0. The number of thiophene rings is 1. The van der Waals surface area contributed by atoms with Crippen molar-refractivity contribution in [1.82, 2.24) is 19.8 Å². The molecule has 0 fully saturated rings. The molecule has 2 aromatic heterocycles. The molecule has 0 spiro atoms. The van der Waals surface area contributed by atoms with Gasteiger partial charge in [0.15, 0.2) is 5.82 Å². The number of methoxy groups -OCH3 is 2. The maximum atomic E-state index is 14.3. The monoisotopic (exact) mass is 464 g/mol. The van der Waals surface area contributed by atoms with E-state index in [1.807, 2.05) is 25.9 Å². The van der Waals surface area contributed by atoms with E-state index in [1.54, 1.807) is 12.0 Å². The number of halogens is 2. The molecular formula is C22H26F2N4O3S. The van der Waals surface area contributed by atoms with Crippen molar-refractivity contribution in [1.29, 1.82) is 0 Å². The minimum Gasteiger partial charge on any atom is -0.480 e. The molecule has 1 amide bonds. The number of benzene rings is 1. The first-order valence-electron chi connectivity index (χ1n) is 9.96. The van der Waals surface area contributed by atoms with Gasteiger partial charge in [0.05, 0.1) is 17.4 Å². The highest BCUT2D eigenvalue weighted by Gasteiger charge is 2.25. The van der Waals surface area contributed by atoms with Crippen LogP contribution in [0, 0.1) is 18.6 Å². The summed E-state index contributed by atoms with van der Waals surface area (Å²) in [6.45, 7) is 3.00. The summed E-state index contributed by atoms with van der Waals surface area (Å²) >= 11 is 1.24. The highest BCUT2D eigenvalue weighted by molar-refractivity contribution is 7.20. The Kier molecular flexibility index (Phi) is 7.70. The second-order valence-corrected chi connectivity index (χ2v) is 8.58. The molecule has 0 saturated heterocycles. The van der Waals surface area contributed by atoms with Gasteiger partial charge in [0, 0.05) is 38.4 Å². The van der Waals surface area contributed by atoms with Crippen molar-refractivity contribution in [3.63, 3.8) is 0 Å². The third kappa shape index (κ3) is 5.20. The number of likely N-dealkylation sites (N-methyl/N-ethyl adjacent to an activating group) is 1. The largest absolute Gasteiger partial charge is 0.480 e. The Labute approximate surface area is 189 Å². The summed E-state index contributed by atoms with van der Waals surface area (Å²) < 4.78 is 38.2. The van der Waals surface area contributed by atoms with E-state index >= 15 is 0 Å². The fraction of sp³-hybridized carbons (Fsp3) is 0.409. The van der Waals surface area contributed by atoms with Crippen molar-refractivity contribution in [3.8, 4) is 5.88 Å². The van der Waals surface area contributed by atoms with Gasteiger partial charge >= 0.3 is 0 Å². The van der Waals surface area contributed by atoms with Crippen LogP contribution in [0.25, 0.3) is 10.2 Å². The summed E-state index contributed by atoms with van der Waals surface area (Å²) in [5.74, 6) is -0.770. The van der Waals surface area contributed by atoms with Gasteiger partial charge in [0.2, 0.25) is 5.88 Å². The van der Waals surface area contributed by atoms with Gasteiger partial charge in [-0.2, -0.15) is 4.98 Å². The number of fused-ring (bicyclic) bond motifs is 1. The van der Waals surface area contributed by atoms with Crippen molar-refractivity contribution in [2.45, 2.75) is 20.1 Å². The summed E-state index contributed by atoms with van der Waals surface area (Å²) in [6, 6.07) is 3.38. The smallest absolute Gasteiger partial charge is 0.264 e. The van der Waals surface area contributed by atoms with E-state index in [0.717, 1.165) is 6.07 Å². The van der Waals surface area contributed by atoms with Crippen molar-refractivity contribution < 1.29 is 23.0 Å². The maximum absolute atomic E-state index is 14.3. The molecule has 0 radical (unpaired) electrons. The second-order valence-electron chi connectivity index (χ2n) is 7.58. The minimum absolute atomic E-state index is 0.0181. The summed E-state index contributed by atoms with van der Waals surface area (Å²) in [7, 11) is 6.84. The van der Waals surface area contributed by atoms with E-state index in [2.05, 4.69) is 9.97 Å². The Bertz CT molecular complexity index is 1120. The number of aromatic nitrogens is 2. The van der Waals surface area contributed by atoms with Gasteiger partial charge < -0.3 is 19.3 Å². The van der Waals surface area contributed by atoms with Crippen LogP contribution in [0.4, 0.5) is 8.78 Å². The molecule has 0 aliphatic carbocycles. The molecule has 32 heavy (non-hydrogen) atoms. The first-order valence-corrected chi connectivity index (χ1v) is 10.8. The third-order valence-electron chi connectivity index (χ3n) is 4.94. The first kappa shape index (κ1) is 24.0. The van der Waals surface area contributed by atoms with Crippen LogP contribution < -0.4 is 4.74 Å². The van der Waals surface area contributed by atoms with Gasteiger partial charge in [-0.15, -0.1) is 11.3 Å². The highest BCUT2D eigenvalue weighted by atomic mass is 32.1. The number of ether oxygens (including phenoxy) is 2. The molecule has 0 N–H and O–H groups in total. The molecule has 3 aromatic rings. The van der Waals surface area contributed by atoms with E-state index < -0.39 is 11.6 Å². The zero-order valence-electron chi connectivity index (χ0n) is 18.7. The lowest BCUT2D eigenvalue weighted by atomic mass is 10.1. The molecule has 3 rings (SSSR count). The van der Waals surface area contributed by atoms with Gasteiger partial charge in [0.1, 0.15) is 23.1 Å². The molecule has 0 unspecified atom stereocenters. The number of carbonyl (C=O) groups is 1. The van der Waals surface area contributed by atoms with Crippen molar-refractivity contribution in [2.24, 2.45) is 0 Å². The number of hydrogen-bond acceptors (Lipinski definition) is 7. The molecule has 0 saturated carbocycles. The molecule has 0 aliphatic rings. The van der Waals surface area contributed by atoms with E-state index in [1.165, 1.54) is 30.6 Å². The maximum Gasteiger partial charge on any atom is 0.264 e. The zero-order valence-corrected chi connectivity index (χ0v) is 19.6. The van der Waals surface area contributed by atoms with Crippen LogP contribution in [0.1, 0.15) is 26.6 Å². The summed E-state index contributed by atoms with van der Waals surface area (Å²) in [5.41, 5.74) is 0.947. The van der Waals surface area contributed by atoms with Crippen molar-refractivity contribution in [3.05, 3.63) is 51.7 Å². The van der Waals surface area contributed by atoms with Crippen molar-refractivity contribution >= 4 is 27.5 Å². The highest BCUT2D eigenvalue weighted by Crippen LogP contribution is 2.36. The number of aryl methyl sites for hydroxylation is 1. The number of nitrogens with zero attached hydrogens (tertiary/aromatic N) is 4. The van der Waals surface area contributed by atoms with E-state index in [0.29, 0.717) is 45.5 Å². The number of rotatable bonds is 9. The second kappa shape index (κ2) is 10.3. The molecule has 7 nitrogen and oxygen atoms in total. The van der Waals surface area contributed by atoms with Gasteiger partial charge in [-0.1, -0.05) is 6.07 Å². The Morgan fingerprint density at radius 1 is 1.16 bits per heavy atom. The summed E-state index contributed by atoms with van der Waals surface area (Å²) in [6.07, 6.45) is 0. The van der Waals surface area contributed by atoms with E-state index in [-0.39, 0.29) is 24.6 Å². The van der Waals surface area contributed by atoms with Crippen LogP contribution in [-0.4, -0.2) is 67.1 Å². The van der Waals surface area contributed by atoms with Gasteiger partial charge in [0.25, 0.3) is 5.91 Å². The fourth-order valence-corrected chi connectivity index (χ4v) is 4.42. The topological polar surface area (TPSA) is 67.8 Å². The predicted octanol–water partition coefficient (Wildman–Crippen LogP) is 3.64. The van der Waals surface area contributed by atoms with Crippen LogP contribution in [0.2, 0.25) is 0 Å². The van der Waals surface area contributed by atoms with Crippen LogP contribution in [0.5, 0.6) is 5.88 Å². The Hall–Kier alpha value is -2.69. The average Bonchev–Trinajstić information content (AvgIpc) is 3.08. The van der Waals surface area contributed by atoms with Crippen LogP contribution >= 0.6 is 11.3 Å². The quantitative estimate of drug-likeness (QED) is 0.482. The third-order valence-corrected chi connectivity index (χ3v) is 6.12. The molecule has 10 heteroatoms. The van der Waals surface area contributed by atoms with Crippen LogP contribution in [0.3, 0.4) is 0 Å². The zero-order chi connectivity index (χ0) is 23.4. The van der Waals surface area contributed by atoms with Gasteiger partial charge in [-0.3, -0.25) is 4.79 Å². The normalized spacial score (nSPS) is 11.4. The van der Waals surface area contributed by atoms with E-state index in [4.69, 9.17) is 9.47 Å². The number of amides is 1. The molecule has 2 heterocycles. The number of hydrogen-bond donors (Lipinski definition) is 0. The lowest BCUT2D eigenvalue weighted by molar-refractivity contribution is 0.0734. The van der Waals surface area contributed by atoms with Crippen LogP contribution in [-0.2, 0) is 17.9 Å². The lowest BCUT2D eigenvalue weighted by Crippen LogP contribution is -2.36. The Balaban J connectivity index is 2.01. The first-order chi connectivity index (χ1) is 15.2. The molecule has 0 atom stereocenters. The molecule has 1 aromatic carbocycles. The standard InChI is InChI=1S/C22H26F2N4O3S/c1-13-18-20(31-5)25-17(12-30-4)26-21(18)32-19(13)22(29)28(9-8-27(2)3)11-14-6-7-15(23)10-16(14)24/h6-7,10H,8-9,11-12H2,1-5H3.